The standard InChI is InChI=1S/C23H27N3O5S2/c1-3-12-26(14-16-8-9-16)22(27)15-32-23-24-19-13-17(10-11-21(19)31-23)33(28,29)25-18-6-4-5-7-20(18)30-2/h4-7,10-11,13,16,25H,3,8-9,12,14-15H2,1-2H3. The molecule has 1 aliphatic carbocycles. The number of ether oxygens (including phenoxy) is 1. The fourth-order valence-corrected chi connectivity index (χ4v) is 5.29. The highest BCUT2D eigenvalue weighted by atomic mass is 32.2. The van der Waals surface area contributed by atoms with E-state index in [4.69, 9.17) is 9.15 Å². The third-order valence-corrected chi connectivity index (χ3v) is 7.52. The zero-order valence-electron chi connectivity index (χ0n) is 18.6. The number of fused-ring (bicyclic) bond motifs is 1. The van der Waals surface area contributed by atoms with E-state index in [9.17, 15) is 13.2 Å². The maximum Gasteiger partial charge on any atom is 0.262 e. The first-order valence-corrected chi connectivity index (χ1v) is 13.3. The number of aromatic nitrogens is 1. The average molecular weight is 490 g/mol. The molecule has 1 aliphatic rings. The van der Waals surface area contributed by atoms with Crippen LogP contribution in [0.3, 0.4) is 0 Å². The molecule has 8 nitrogen and oxygen atoms in total. The number of rotatable bonds is 11. The van der Waals surface area contributed by atoms with Gasteiger partial charge in [0, 0.05) is 13.1 Å². The van der Waals surface area contributed by atoms with Gasteiger partial charge in [0.15, 0.2) is 5.58 Å². The van der Waals surface area contributed by atoms with Crippen molar-refractivity contribution in [2.45, 2.75) is 36.3 Å². The van der Waals surface area contributed by atoms with Crippen molar-refractivity contribution in [1.82, 2.24) is 9.88 Å². The number of thioether (sulfide) groups is 1. The zero-order chi connectivity index (χ0) is 23.4. The molecule has 1 aromatic heterocycles. The second kappa shape index (κ2) is 10.0. The van der Waals surface area contributed by atoms with Crippen molar-refractivity contribution in [2.75, 3.05) is 30.7 Å². The largest absolute Gasteiger partial charge is 0.495 e. The van der Waals surface area contributed by atoms with Crippen LogP contribution in [0, 0.1) is 5.92 Å². The predicted molar refractivity (Wildman–Crippen MR) is 128 cm³/mol. The second-order valence-corrected chi connectivity index (χ2v) is 10.6. The smallest absolute Gasteiger partial charge is 0.262 e. The number of para-hydroxylation sites is 2. The molecule has 1 fully saturated rings. The number of hydrogen-bond acceptors (Lipinski definition) is 7. The first-order chi connectivity index (χ1) is 15.9. The summed E-state index contributed by atoms with van der Waals surface area (Å²) in [4.78, 5) is 19.0. The molecule has 1 saturated carbocycles. The van der Waals surface area contributed by atoms with Crippen molar-refractivity contribution in [1.29, 1.82) is 0 Å². The van der Waals surface area contributed by atoms with E-state index < -0.39 is 10.0 Å². The molecule has 0 atom stereocenters. The summed E-state index contributed by atoms with van der Waals surface area (Å²) in [5.74, 6) is 1.37. The molecule has 1 N–H and O–H groups in total. The lowest BCUT2D eigenvalue weighted by molar-refractivity contribution is -0.128. The van der Waals surface area contributed by atoms with Crippen LogP contribution >= 0.6 is 11.8 Å². The number of benzene rings is 2. The fraction of sp³-hybridized carbons (Fsp3) is 0.391. The van der Waals surface area contributed by atoms with Crippen molar-refractivity contribution in [3.63, 3.8) is 0 Å². The molecule has 3 aromatic rings. The minimum Gasteiger partial charge on any atom is -0.495 e. The molecule has 0 radical (unpaired) electrons. The Balaban J connectivity index is 1.46. The lowest BCUT2D eigenvalue weighted by Gasteiger charge is -2.21. The molecule has 0 bridgehead atoms. The van der Waals surface area contributed by atoms with E-state index in [-0.39, 0.29) is 16.6 Å². The molecule has 0 spiro atoms. The van der Waals surface area contributed by atoms with Gasteiger partial charge in [0.2, 0.25) is 5.91 Å². The molecule has 0 saturated heterocycles. The highest BCUT2D eigenvalue weighted by Gasteiger charge is 2.26. The number of hydrogen-bond donors (Lipinski definition) is 1. The Morgan fingerprint density at radius 2 is 2.06 bits per heavy atom. The van der Waals surface area contributed by atoms with Crippen molar-refractivity contribution in [3.05, 3.63) is 42.5 Å². The molecule has 4 rings (SSSR count). The molecule has 10 heteroatoms. The van der Waals surface area contributed by atoms with Gasteiger partial charge >= 0.3 is 0 Å². The number of carbonyl (C=O) groups excluding carboxylic acids is 1. The van der Waals surface area contributed by atoms with Crippen LogP contribution in [0.1, 0.15) is 26.2 Å². The summed E-state index contributed by atoms with van der Waals surface area (Å²) in [5.41, 5.74) is 1.22. The summed E-state index contributed by atoms with van der Waals surface area (Å²) < 4.78 is 39.2. The van der Waals surface area contributed by atoms with Gasteiger partial charge in [0.1, 0.15) is 11.3 Å². The van der Waals surface area contributed by atoms with Gasteiger partial charge in [-0.3, -0.25) is 9.52 Å². The monoisotopic (exact) mass is 489 g/mol. The normalized spacial score (nSPS) is 13.8. The van der Waals surface area contributed by atoms with Crippen molar-refractivity contribution in [3.8, 4) is 5.75 Å². The Morgan fingerprint density at radius 3 is 2.79 bits per heavy atom. The SMILES string of the molecule is CCCN(CC1CC1)C(=O)CSc1nc2cc(S(=O)(=O)Nc3ccccc3OC)ccc2o1. The van der Waals surface area contributed by atoms with Crippen LogP contribution < -0.4 is 9.46 Å². The Labute approximate surface area is 197 Å². The summed E-state index contributed by atoms with van der Waals surface area (Å²) in [7, 11) is -2.38. The van der Waals surface area contributed by atoms with E-state index in [1.165, 1.54) is 43.8 Å². The van der Waals surface area contributed by atoms with Crippen LogP contribution in [0.5, 0.6) is 5.75 Å². The predicted octanol–water partition coefficient (Wildman–Crippen LogP) is 4.38. The van der Waals surface area contributed by atoms with E-state index in [1.807, 2.05) is 4.90 Å². The molecule has 0 unspecified atom stereocenters. The Morgan fingerprint density at radius 1 is 1.27 bits per heavy atom. The number of methoxy groups -OCH3 is 1. The van der Waals surface area contributed by atoms with E-state index in [1.54, 1.807) is 30.3 Å². The Bertz CT molecular complexity index is 1240. The van der Waals surface area contributed by atoms with Crippen LogP contribution in [0.25, 0.3) is 11.1 Å². The molecule has 2 aromatic carbocycles. The number of carbonyl (C=O) groups is 1. The topological polar surface area (TPSA) is 102 Å². The maximum absolute atomic E-state index is 12.9. The Hall–Kier alpha value is -2.72. The minimum absolute atomic E-state index is 0.0559. The number of oxazole rings is 1. The summed E-state index contributed by atoms with van der Waals surface area (Å²) in [5, 5.41) is 0.341. The van der Waals surface area contributed by atoms with E-state index in [0.717, 1.165) is 19.5 Å². The lowest BCUT2D eigenvalue weighted by atomic mass is 10.3. The van der Waals surface area contributed by atoms with Gasteiger partial charge in [-0.2, -0.15) is 0 Å². The van der Waals surface area contributed by atoms with Crippen LogP contribution in [0.4, 0.5) is 5.69 Å². The lowest BCUT2D eigenvalue weighted by Crippen LogP contribution is -2.34. The Kier molecular flexibility index (Phi) is 7.14. The van der Waals surface area contributed by atoms with Gasteiger partial charge in [-0.05, 0) is 55.5 Å². The van der Waals surface area contributed by atoms with Crippen LogP contribution in [0.15, 0.2) is 57.0 Å². The molecule has 33 heavy (non-hydrogen) atoms. The van der Waals surface area contributed by atoms with Gasteiger partial charge in [-0.1, -0.05) is 30.8 Å². The molecule has 1 heterocycles. The van der Waals surface area contributed by atoms with E-state index in [0.29, 0.717) is 33.7 Å². The van der Waals surface area contributed by atoms with Gasteiger partial charge in [-0.25, -0.2) is 13.4 Å². The summed E-state index contributed by atoms with van der Waals surface area (Å²) in [6.45, 7) is 3.64. The minimum atomic E-state index is -3.86. The van der Waals surface area contributed by atoms with Crippen molar-refractivity contribution < 1.29 is 22.4 Å². The first kappa shape index (κ1) is 23.4. The second-order valence-electron chi connectivity index (χ2n) is 7.99. The van der Waals surface area contributed by atoms with E-state index in [2.05, 4.69) is 16.6 Å². The zero-order valence-corrected chi connectivity index (χ0v) is 20.2. The van der Waals surface area contributed by atoms with Crippen molar-refractivity contribution in [2.24, 2.45) is 5.92 Å². The number of nitrogens with zero attached hydrogens (tertiary/aromatic N) is 2. The number of sulfonamides is 1. The van der Waals surface area contributed by atoms with Crippen LogP contribution in [-0.4, -0.2) is 50.2 Å². The third kappa shape index (κ3) is 5.80. The highest BCUT2D eigenvalue weighted by molar-refractivity contribution is 7.99. The van der Waals surface area contributed by atoms with Crippen LogP contribution in [-0.2, 0) is 14.8 Å². The molecular formula is C23H27N3O5S2. The summed E-state index contributed by atoms with van der Waals surface area (Å²) in [6.07, 6.45) is 3.32. The van der Waals surface area contributed by atoms with Gasteiger partial charge in [0.05, 0.1) is 23.4 Å². The van der Waals surface area contributed by atoms with Gasteiger partial charge < -0.3 is 14.1 Å². The number of amides is 1. The number of anilines is 1. The van der Waals surface area contributed by atoms with Gasteiger partial charge in [0.25, 0.3) is 15.2 Å². The average Bonchev–Trinajstić information content (AvgIpc) is 3.52. The molecule has 176 valence electrons. The summed E-state index contributed by atoms with van der Waals surface area (Å²) >= 11 is 1.23. The quantitative estimate of drug-likeness (QED) is 0.399. The first-order valence-electron chi connectivity index (χ1n) is 10.9. The summed E-state index contributed by atoms with van der Waals surface area (Å²) in [6, 6.07) is 11.3. The fourth-order valence-electron chi connectivity index (χ4n) is 3.46. The molecular weight excluding hydrogens is 462 g/mol. The van der Waals surface area contributed by atoms with Gasteiger partial charge in [-0.15, -0.1) is 0 Å². The van der Waals surface area contributed by atoms with Crippen LogP contribution in [0.2, 0.25) is 0 Å². The van der Waals surface area contributed by atoms with E-state index >= 15 is 0 Å². The maximum atomic E-state index is 12.9. The molecule has 1 amide bonds. The number of nitrogens with one attached hydrogen (secondary N) is 1. The molecule has 0 aliphatic heterocycles. The highest BCUT2D eigenvalue weighted by Crippen LogP contribution is 2.31. The third-order valence-electron chi connectivity index (χ3n) is 5.34. The van der Waals surface area contributed by atoms with Crippen molar-refractivity contribution >= 4 is 44.5 Å².